The number of piperidine rings is 6. The predicted molar refractivity (Wildman–Crippen MR) is 264 cm³/mol. The van der Waals surface area contributed by atoms with Crippen LogP contribution in [0.3, 0.4) is 0 Å². The van der Waals surface area contributed by atoms with Gasteiger partial charge in [-0.3, -0.25) is 10.1 Å². The molecule has 2 N–H and O–H groups in total. The van der Waals surface area contributed by atoms with Gasteiger partial charge in [0.25, 0.3) is 5.69 Å². The fraction of sp³-hybridized carbons (Fsp3) is 0.379. The van der Waals surface area contributed by atoms with Crippen LogP contribution >= 0.6 is 0 Å². The second-order valence-electron chi connectivity index (χ2n) is 20.0. The fourth-order valence-electron chi connectivity index (χ4n) is 12.6. The quantitative estimate of drug-likeness (QED) is 0.0588. The number of para-hydroxylation sites is 1. The number of ether oxygens (including phenoxy) is 2. The molecule has 0 amide bonds. The van der Waals surface area contributed by atoms with E-state index in [-0.39, 0.29) is 56.3 Å². The van der Waals surface area contributed by atoms with Crippen molar-refractivity contribution in [2.45, 2.75) is 62.6 Å². The highest BCUT2D eigenvalue weighted by atomic mass is 79.9. The molecule has 6 heterocycles. The van der Waals surface area contributed by atoms with E-state index in [0.717, 1.165) is 135 Å². The second-order valence-corrected chi connectivity index (χ2v) is 20.0. The average Bonchev–Trinajstić information content (AvgIpc) is 3.41. The Bertz CT molecular complexity index is 2470. The van der Waals surface area contributed by atoms with Gasteiger partial charge in [-0.1, -0.05) is 133 Å². The van der Waals surface area contributed by atoms with Crippen LogP contribution in [0.4, 0.5) is 10.1 Å². The Labute approximate surface area is 433 Å². The maximum Gasteiger partial charge on any atom is 0.269 e. The molecule has 0 unspecified atom stereocenters. The molecule has 70 heavy (non-hydrogen) atoms. The molecular weight excluding hydrogens is 1010 g/mol. The van der Waals surface area contributed by atoms with Gasteiger partial charge in [0.15, 0.2) is 11.6 Å². The van der Waals surface area contributed by atoms with Crippen molar-refractivity contribution in [2.75, 3.05) is 65.6 Å². The number of non-ortho nitro benzene ring substituents is 1. The summed E-state index contributed by atoms with van der Waals surface area (Å²) in [4.78, 5) is 10.4. The molecule has 0 aromatic heterocycles. The molecule has 6 aliphatic rings. The smallest absolute Gasteiger partial charge is 0.269 e. The van der Waals surface area contributed by atoms with Crippen molar-refractivity contribution < 1.29 is 71.9 Å². The number of rotatable bonds is 17. The lowest BCUT2D eigenvalue weighted by Gasteiger charge is -2.60. The van der Waals surface area contributed by atoms with E-state index in [1.165, 1.54) is 18.2 Å². The van der Waals surface area contributed by atoms with Gasteiger partial charge in [0, 0.05) is 74.3 Å². The van der Waals surface area contributed by atoms with E-state index in [2.05, 4.69) is 48.5 Å². The molecule has 370 valence electrons. The van der Waals surface area contributed by atoms with Crippen LogP contribution < -0.4 is 43.4 Å². The summed E-state index contributed by atoms with van der Waals surface area (Å²) in [5.41, 5.74) is 1.75. The largest absolute Gasteiger partial charge is 1.00 e. The molecule has 4 bridgehead atoms. The Kier molecular flexibility index (Phi) is 17.1. The van der Waals surface area contributed by atoms with Crippen LogP contribution in [-0.2, 0) is 11.2 Å². The van der Waals surface area contributed by atoms with Crippen molar-refractivity contribution in [3.05, 3.63) is 208 Å². The molecule has 6 aromatic carbocycles. The third kappa shape index (κ3) is 10.5. The van der Waals surface area contributed by atoms with Gasteiger partial charge in [0.05, 0.1) is 70.5 Å². The third-order valence-electron chi connectivity index (χ3n) is 16.7. The number of aliphatic hydroxyl groups is 2. The van der Waals surface area contributed by atoms with Crippen LogP contribution in [0.2, 0.25) is 0 Å². The zero-order valence-electron chi connectivity index (χ0n) is 39.9. The lowest BCUT2D eigenvalue weighted by molar-refractivity contribution is -0.946. The first-order valence-corrected chi connectivity index (χ1v) is 24.7. The van der Waals surface area contributed by atoms with Gasteiger partial charge in [0.2, 0.25) is 0 Å². The molecule has 0 atom stereocenters. The summed E-state index contributed by atoms with van der Waals surface area (Å²) in [5.74, 6) is 0.707. The number of benzene rings is 6. The number of hydrogen-bond donors (Lipinski definition) is 2. The predicted octanol–water partition coefficient (Wildman–Crippen LogP) is 4.84. The zero-order chi connectivity index (χ0) is 47.1. The molecular formula is C58H66Br2FN3O6. The Balaban J connectivity index is 0.000000201. The summed E-state index contributed by atoms with van der Waals surface area (Å²) in [6.07, 6.45) is 7.84. The van der Waals surface area contributed by atoms with Crippen molar-refractivity contribution >= 4 is 5.69 Å². The molecule has 9 nitrogen and oxygen atoms in total. The first-order valence-electron chi connectivity index (χ1n) is 24.7. The molecule has 0 aliphatic carbocycles. The Morgan fingerprint density at radius 1 is 0.500 bits per heavy atom. The lowest BCUT2D eigenvalue weighted by Crippen LogP contribution is -3.00. The molecule has 12 rings (SSSR count). The molecule has 0 radical (unpaired) electrons. The zero-order valence-corrected chi connectivity index (χ0v) is 43.1. The topological polar surface area (TPSA) is 102 Å². The number of nitrogens with zero attached hydrogens (tertiary/aromatic N) is 3. The van der Waals surface area contributed by atoms with Crippen molar-refractivity contribution in [1.82, 2.24) is 0 Å². The molecule has 0 saturated carbocycles. The first-order chi connectivity index (χ1) is 33.0. The van der Waals surface area contributed by atoms with Crippen LogP contribution in [0.15, 0.2) is 170 Å². The maximum atomic E-state index is 13.8. The van der Waals surface area contributed by atoms with E-state index in [4.69, 9.17) is 9.47 Å². The van der Waals surface area contributed by atoms with Gasteiger partial charge >= 0.3 is 0 Å². The third-order valence-corrected chi connectivity index (χ3v) is 16.7. The number of nitro groups is 1. The van der Waals surface area contributed by atoms with Crippen molar-refractivity contribution in [1.29, 1.82) is 0 Å². The van der Waals surface area contributed by atoms with Crippen molar-refractivity contribution in [3.8, 4) is 11.5 Å². The molecule has 6 aromatic rings. The van der Waals surface area contributed by atoms with Crippen LogP contribution in [0, 0.1) is 26.8 Å². The first kappa shape index (κ1) is 52.9. The fourth-order valence-corrected chi connectivity index (χ4v) is 12.6. The van der Waals surface area contributed by atoms with Crippen LogP contribution in [-0.4, -0.2) is 89.7 Å². The number of nitro benzene ring substituents is 1. The molecule has 12 heteroatoms. The lowest BCUT2D eigenvalue weighted by atomic mass is 9.56. The summed E-state index contributed by atoms with van der Waals surface area (Å²) < 4.78 is 27.5. The Morgan fingerprint density at radius 2 is 0.829 bits per heavy atom. The van der Waals surface area contributed by atoms with Gasteiger partial charge in [-0.15, -0.1) is 0 Å². The summed E-state index contributed by atoms with van der Waals surface area (Å²) >= 11 is 0. The second kappa shape index (κ2) is 22.6. The highest BCUT2D eigenvalue weighted by Gasteiger charge is 2.61. The summed E-state index contributed by atoms with van der Waals surface area (Å²) in [6, 6.07) is 53.7. The van der Waals surface area contributed by atoms with Gasteiger partial charge in [-0.25, -0.2) is 4.39 Å². The van der Waals surface area contributed by atoms with Gasteiger partial charge in [-0.2, -0.15) is 0 Å². The van der Waals surface area contributed by atoms with Gasteiger partial charge < -0.3 is 62.6 Å². The minimum atomic E-state index is -0.995. The molecule has 6 fully saturated rings. The summed E-state index contributed by atoms with van der Waals surface area (Å²) in [5, 5.41) is 35.7. The van der Waals surface area contributed by atoms with Crippen LogP contribution in [0.1, 0.15) is 73.6 Å². The van der Waals surface area contributed by atoms with E-state index >= 15 is 0 Å². The van der Waals surface area contributed by atoms with Gasteiger partial charge in [-0.05, 0) is 46.5 Å². The number of halogens is 3. The summed E-state index contributed by atoms with van der Waals surface area (Å²) in [7, 11) is 0. The van der Waals surface area contributed by atoms with E-state index < -0.39 is 16.1 Å². The van der Waals surface area contributed by atoms with Crippen LogP contribution in [0.25, 0.3) is 0 Å². The minimum Gasteiger partial charge on any atom is -1.00 e. The number of quaternary nitrogens is 2. The van der Waals surface area contributed by atoms with E-state index in [1.807, 2.05) is 72.8 Å². The van der Waals surface area contributed by atoms with E-state index in [9.17, 15) is 24.7 Å². The standard InChI is InChI=1S/C29H33FNO2.C29H33N2O4.2BrH/c30-26-14-7-8-15-27(26)33-23-9-19-31-20-16-28(17-21-31,18-22-31)29(32,24-10-3-1-4-11-24)25-12-5-2-6-13-25;32-29(24-8-3-1-4-9-24,25-10-5-2-6-11-25)28-16-20-31(21-17-28,22-18-28)19-7-23-35-27-14-12-26(13-15-27)30(33)34;;/h1-8,10-15,32H,9,16-23H2;1-6,8-15,32H,7,16-23H2;2*1H/q2*+1;;/p-2. The van der Waals surface area contributed by atoms with E-state index in [1.54, 1.807) is 30.3 Å². The van der Waals surface area contributed by atoms with Crippen LogP contribution in [0.5, 0.6) is 11.5 Å². The maximum absolute atomic E-state index is 13.8. The minimum absolute atomic E-state index is 0. The monoisotopic (exact) mass is 1080 g/mol. The number of hydrogen-bond acceptors (Lipinski definition) is 6. The highest BCUT2D eigenvalue weighted by Crippen LogP contribution is 2.59. The number of fused-ring (bicyclic) bond motifs is 6. The average molecular weight is 1080 g/mol. The van der Waals surface area contributed by atoms with Crippen molar-refractivity contribution in [2.24, 2.45) is 10.8 Å². The van der Waals surface area contributed by atoms with E-state index in [0.29, 0.717) is 24.7 Å². The summed E-state index contributed by atoms with van der Waals surface area (Å²) in [6.45, 7) is 9.65. The normalized spacial score (nSPS) is 23.4. The SMILES string of the molecule is O=[N+]([O-])c1ccc(OCCC[N+]23CCC(C(O)(c4ccccc4)c4ccccc4)(CC2)CC3)cc1.OC(c1ccccc1)(c1ccccc1)C12CC[N+](CCCOc3ccccc3F)(CC1)CC2.[Br-].[Br-]. The molecule has 0 spiro atoms. The molecule has 6 saturated heterocycles. The molecule has 6 aliphatic heterocycles. The highest BCUT2D eigenvalue weighted by molar-refractivity contribution is 5.41. The van der Waals surface area contributed by atoms with Gasteiger partial charge in [0.1, 0.15) is 17.0 Å². The Hall–Kier alpha value is -4.95. The Morgan fingerprint density at radius 3 is 1.17 bits per heavy atom. The van der Waals surface area contributed by atoms with Crippen molar-refractivity contribution in [3.63, 3.8) is 0 Å².